The molecule has 0 atom stereocenters. The molecule has 0 saturated heterocycles. The zero-order chi connectivity index (χ0) is 15.6. The maximum absolute atomic E-state index is 13.2. The highest BCUT2D eigenvalue weighted by Crippen LogP contribution is 2.18. The van der Waals surface area contributed by atoms with Crippen LogP contribution < -0.4 is 5.73 Å². The van der Waals surface area contributed by atoms with Crippen molar-refractivity contribution in [1.29, 1.82) is 0 Å². The van der Waals surface area contributed by atoms with Gasteiger partial charge in [-0.3, -0.25) is 4.79 Å². The van der Waals surface area contributed by atoms with E-state index in [9.17, 15) is 13.6 Å². The highest BCUT2D eigenvalue weighted by Gasteiger charge is 2.16. The first-order chi connectivity index (χ1) is 9.90. The van der Waals surface area contributed by atoms with E-state index in [-0.39, 0.29) is 12.5 Å². The Morgan fingerprint density at radius 2 is 1.90 bits per heavy atom. The average Bonchev–Trinajstić information content (AvgIpc) is 2.45. The molecule has 0 radical (unpaired) electrons. The van der Waals surface area contributed by atoms with E-state index in [1.807, 2.05) is 0 Å². The lowest BCUT2D eigenvalue weighted by Gasteiger charge is -2.19. The number of nitrogen functional groups attached to an aromatic ring is 1. The average molecular weight is 290 g/mol. The number of benzene rings is 2. The molecule has 110 valence electrons. The Kier molecular flexibility index (Phi) is 4.21. The van der Waals surface area contributed by atoms with E-state index in [0.717, 1.165) is 12.1 Å². The molecular weight excluding hydrogens is 274 g/mol. The number of rotatable bonds is 3. The molecule has 0 unspecified atom stereocenters. The van der Waals surface area contributed by atoms with Crippen LogP contribution in [0, 0.1) is 18.6 Å². The fourth-order valence-corrected chi connectivity index (χ4v) is 2.07. The van der Waals surface area contributed by atoms with Gasteiger partial charge in [-0.15, -0.1) is 0 Å². The summed E-state index contributed by atoms with van der Waals surface area (Å²) in [6.45, 7) is 1.96. The summed E-state index contributed by atoms with van der Waals surface area (Å²) in [5, 5.41) is 0. The summed E-state index contributed by atoms with van der Waals surface area (Å²) in [6, 6.07) is 8.71. The van der Waals surface area contributed by atoms with Crippen molar-refractivity contribution in [3.63, 3.8) is 0 Å². The quantitative estimate of drug-likeness (QED) is 0.883. The van der Waals surface area contributed by atoms with Crippen molar-refractivity contribution in [2.45, 2.75) is 13.5 Å². The molecule has 0 aliphatic rings. The molecule has 0 fully saturated rings. The molecule has 0 heterocycles. The smallest absolute Gasteiger partial charge is 0.254 e. The molecule has 2 N–H and O–H groups in total. The summed E-state index contributed by atoms with van der Waals surface area (Å²) in [6.07, 6.45) is 0. The van der Waals surface area contributed by atoms with Gasteiger partial charge in [0.1, 0.15) is 0 Å². The number of carbonyl (C=O) groups excluding carboxylic acids is 1. The molecule has 0 spiro atoms. The van der Waals surface area contributed by atoms with Gasteiger partial charge in [-0.1, -0.05) is 12.1 Å². The zero-order valence-electron chi connectivity index (χ0n) is 11.9. The van der Waals surface area contributed by atoms with E-state index >= 15 is 0 Å². The minimum absolute atomic E-state index is 0.185. The lowest BCUT2D eigenvalue weighted by atomic mass is 10.1. The fourth-order valence-electron chi connectivity index (χ4n) is 2.07. The first-order valence-electron chi connectivity index (χ1n) is 6.44. The Balaban J connectivity index is 2.19. The van der Waals surface area contributed by atoms with E-state index in [0.29, 0.717) is 22.4 Å². The van der Waals surface area contributed by atoms with Crippen LogP contribution in [0.1, 0.15) is 21.5 Å². The number of nitrogens with zero attached hydrogens (tertiary/aromatic N) is 1. The van der Waals surface area contributed by atoms with Gasteiger partial charge in [-0.05, 0) is 42.3 Å². The molecule has 1 amide bonds. The van der Waals surface area contributed by atoms with Gasteiger partial charge < -0.3 is 10.6 Å². The standard InChI is InChI=1S/C16H16F2N2O/c1-10-12(4-3-5-15(10)19)16(21)20(2)9-11-6-7-13(17)14(18)8-11/h3-8H,9,19H2,1-2H3. The Labute approximate surface area is 122 Å². The minimum atomic E-state index is -0.923. The second kappa shape index (κ2) is 5.91. The van der Waals surface area contributed by atoms with Crippen molar-refractivity contribution in [2.24, 2.45) is 0 Å². The van der Waals surface area contributed by atoms with Gasteiger partial charge >= 0.3 is 0 Å². The highest BCUT2D eigenvalue weighted by molar-refractivity contribution is 5.96. The molecule has 5 heteroatoms. The lowest BCUT2D eigenvalue weighted by Crippen LogP contribution is -2.27. The predicted octanol–water partition coefficient (Wildman–Crippen LogP) is 3.13. The van der Waals surface area contributed by atoms with Gasteiger partial charge in [0.05, 0.1) is 0 Å². The van der Waals surface area contributed by atoms with Crippen LogP contribution in [0.3, 0.4) is 0 Å². The van der Waals surface area contributed by atoms with Crippen LogP contribution in [0.5, 0.6) is 0 Å². The van der Waals surface area contributed by atoms with Gasteiger partial charge in [-0.25, -0.2) is 8.78 Å². The third kappa shape index (κ3) is 3.18. The van der Waals surface area contributed by atoms with E-state index in [2.05, 4.69) is 0 Å². The number of halogens is 2. The van der Waals surface area contributed by atoms with Gasteiger partial charge in [0.2, 0.25) is 0 Å². The molecule has 2 aromatic rings. The van der Waals surface area contributed by atoms with Crippen molar-refractivity contribution in [1.82, 2.24) is 4.90 Å². The molecule has 2 aromatic carbocycles. The number of nitrogens with two attached hydrogens (primary N) is 1. The molecule has 0 saturated carbocycles. The summed E-state index contributed by atoms with van der Waals surface area (Å²) < 4.78 is 26.1. The van der Waals surface area contributed by atoms with Crippen LogP contribution in [0.2, 0.25) is 0 Å². The summed E-state index contributed by atoms with van der Waals surface area (Å²) in [5.41, 5.74) is 8.06. The van der Waals surface area contributed by atoms with Crippen molar-refractivity contribution >= 4 is 11.6 Å². The molecule has 0 aliphatic heterocycles. The van der Waals surface area contributed by atoms with Gasteiger partial charge in [0, 0.05) is 24.8 Å². The van der Waals surface area contributed by atoms with Gasteiger partial charge in [-0.2, -0.15) is 0 Å². The molecular formula is C16H16F2N2O. The number of hydrogen-bond donors (Lipinski definition) is 1. The number of carbonyl (C=O) groups is 1. The Hall–Kier alpha value is -2.43. The van der Waals surface area contributed by atoms with Crippen LogP contribution in [0.25, 0.3) is 0 Å². The third-order valence-corrected chi connectivity index (χ3v) is 3.36. The van der Waals surface area contributed by atoms with Gasteiger partial charge in [0.25, 0.3) is 5.91 Å². The van der Waals surface area contributed by atoms with E-state index in [1.54, 1.807) is 32.2 Å². The van der Waals surface area contributed by atoms with E-state index < -0.39 is 11.6 Å². The normalized spacial score (nSPS) is 10.5. The maximum atomic E-state index is 13.2. The summed E-state index contributed by atoms with van der Waals surface area (Å²) in [5.74, 6) is -2.04. The predicted molar refractivity (Wildman–Crippen MR) is 77.7 cm³/mol. The molecule has 3 nitrogen and oxygen atoms in total. The summed E-state index contributed by atoms with van der Waals surface area (Å²) in [4.78, 5) is 13.8. The zero-order valence-corrected chi connectivity index (χ0v) is 11.9. The maximum Gasteiger partial charge on any atom is 0.254 e. The first-order valence-corrected chi connectivity index (χ1v) is 6.44. The second-order valence-electron chi connectivity index (χ2n) is 4.93. The highest BCUT2D eigenvalue weighted by atomic mass is 19.2. The monoisotopic (exact) mass is 290 g/mol. The number of amides is 1. The van der Waals surface area contributed by atoms with E-state index in [1.165, 1.54) is 11.0 Å². The molecule has 0 aromatic heterocycles. The Morgan fingerprint density at radius 3 is 2.57 bits per heavy atom. The fraction of sp³-hybridized carbons (Fsp3) is 0.188. The van der Waals surface area contributed by atoms with Gasteiger partial charge in [0.15, 0.2) is 11.6 Å². The SMILES string of the molecule is Cc1c(N)cccc1C(=O)N(C)Cc1ccc(F)c(F)c1. The van der Waals surface area contributed by atoms with Crippen molar-refractivity contribution in [3.05, 3.63) is 64.7 Å². The Bertz CT molecular complexity index is 686. The third-order valence-electron chi connectivity index (χ3n) is 3.36. The topological polar surface area (TPSA) is 46.3 Å². The van der Waals surface area contributed by atoms with Crippen LogP contribution >= 0.6 is 0 Å². The summed E-state index contributed by atoms with van der Waals surface area (Å²) >= 11 is 0. The first kappa shape index (κ1) is 15.0. The van der Waals surface area contributed by atoms with Crippen LogP contribution in [0.15, 0.2) is 36.4 Å². The lowest BCUT2D eigenvalue weighted by molar-refractivity contribution is 0.0784. The largest absolute Gasteiger partial charge is 0.398 e. The molecule has 0 bridgehead atoms. The van der Waals surface area contributed by atoms with Crippen LogP contribution in [-0.4, -0.2) is 17.9 Å². The van der Waals surface area contributed by atoms with E-state index in [4.69, 9.17) is 5.73 Å². The van der Waals surface area contributed by atoms with Crippen molar-refractivity contribution in [3.8, 4) is 0 Å². The number of hydrogen-bond acceptors (Lipinski definition) is 2. The Morgan fingerprint density at radius 1 is 1.19 bits per heavy atom. The number of anilines is 1. The van der Waals surface area contributed by atoms with Crippen molar-refractivity contribution in [2.75, 3.05) is 12.8 Å². The van der Waals surface area contributed by atoms with Crippen LogP contribution in [-0.2, 0) is 6.54 Å². The minimum Gasteiger partial charge on any atom is -0.398 e. The van der Waals surface area contributed by atoms with Crippen molar-refractivity contribution < 1.29 is 13.6 Å². The summed E-state index contributed by atoms with van der Waals surface area (Å²) in [7, 11) is 1.60. The second-order valence-corrected chi connectivity index (χ2v) is 4.93. The van der Waals surface area contributed by atoms with Crippen LogP contribution in [0.4, 0.5) is 14.5 Å². The molecule has 0 aliphatic carbocycles. The molecule has 2 rings (SSSR count). The molecule has 21 heavy (non-hydrogen) atoms.